The standard InChI is InChI=1S/C13H19N3O/c17-13(14-10-4-2-1-3-5-10)12-8-11(15-16-12)9-6-7-9/h8-10H,1-7H2,(H,14,17)(H,15,16). The van der Waals surface area contributed by atoms with E-state index in [0.29, 0.717) is 17.7 Å². The van der Waals surface area contributed by atoms with E-state index in [9.17, 15) is 4.79 Å². The minimum absolute atomic E-state index is 0.0138. The van der Waals surface area contributed by atoms with Crippen molar-refractivity contribution in [3.63, 3.8) is 0 Å². The van der Waals surface area contributed by atoms with Crippen molar-refractivity contribution in [2.45, 2.75) is 56.9 Å². The average molecular weight is 233 g/mol. The number of H-pyrrole nitrogens is 1. The van der Waals surface area contributed by atoms with Crippen molar-refractivity contribution < 1.29 is 4.79 Å². The van der Waals surface area contributed by atoms with Gasteiger partial charge in [0.1, 0.15) is 5.69 Å². The largest absolute Gasteiger partial charge is 0.348 e. The number of carbonyl (C=O) groups excluding carboxylic acids is 1. The Hall–Kier alpha value is -1.32. The summed E-state index contributed by atoms with van der Waals surface area (Å²) >= 11 is 0. The molecule has 17 heavy (non-hydrogen) atoms. The quantitative estimate of drug-likeness (QED) is 0.842. The van der Waals surface area contributed by atoms with Gasteiger partial charge in [0.2, 0.25) is 0 Å². The third kappa shape index (κ3) is 2.51. The van der Waals surface area contributed by atoms with E-state index in [1.54, 1.807) is 0 Å². The van der Waals surface area contributed by atoms with Crippen LogP contribution in [0.3, 0.4) is 0 Å². The summed E-state index contributed by atoms with van der Waals surface area (Å²) < 4.78 is 0. The zero-order chi connectivity index (χ0) is 11.7. The lowest BCUT2D eigenvalue weighted by molar-refractivity contribution is 0.0922. The highest BCUT2D eigenvalue weighted by Crippen LogP contribution is 2.38. The van der Waals surface area contributed by atoms with Crippen LogP contribution in [-0.4, -0.2) is 22.1 Å². The first-order valence-corrected chi connectivity index (χ1v) is 6.69. The fourth-order valence-electron chi connectivity index (χ4n) is 2.56. The van der Waals surface area contributed by atoms with E-state index in [2.05, 4.69) is 15.5 Å². The van der Waals surface area contributed by atoms with Crippen LogP contribution in [-0.2, 0) is 0 Å². The molecule has 0 atom stereocenters. The number of carbonyl (C=O) groups is 1. The molecule has 0 spiro atoms. The first-order chi connectivity index (χ1) is 8.33. The van der Waals surface area contributed by atoms with Gasteiger partial charge in [0.25, 0.3) is 5.91 Å². The molecular formula is C13H19N3O. The maximum absolute atomic E-state index is 12.0. The molecule has 3 rings (SSSR count). The van der Waals surface area contributed by atoms with Crippen molar-refractivity contribution in [1.29, 1.82) is 0 Å². The number of amides is 1. The molecule has 0 aromatic carbocycles. The third-order valence-corrected chi connectivity index (χ3v) is 3.79. The topological polar surface area (TPSA) is 57.8 Å². The fraction of sp³-hybridized carbons (Fsp3) is 0.692. The highest BCUT2D eigenvalue weighted by molar-refractivity contribution is 5.92. The van der Waals surface area contributed by atoms with Crippen LogP contribution in [0.4, 0.5) is 0 Å². The van der Waals surface area contributed by atoms with Gasteiger partial charge in [-0.05, 0) is 31.7 Å². The highest BCUT2D eigenvalue weighted by atomic mass is 16.2. The second-order valence-corrected chi connectivity index (χ2v) is 5.29. The summed E-state index contributed by atoms with van der Waals surface area (Å²) in [6, 6.07) is 2.27. The average Bonchev–Trinajstić information content (AvgIpc) is 3.08. The van der Waals surface area contributed by atoms with Gasteiger partial charge in [-0.2, -0.15) is 5.10 Å². The van der Waals surface area contributed by atoms with Gasteiger partial charge in [-0.3, -0.25) is 9.89 Å². The molecule has 4 heteroatoms. The molecule has 0 radical (unpaired) electrons. The molecule has 1 aromatic rings. The van der Waals surface area contributed by atoms with E-state index in [1.807, 2.05) is 6.07 Å². The van der Waals surface area contributed by atoms with Crippen molar-refractivity contribution in [1.82, 2.24) is 15.5 Å². The zero-order valence-electron chi connectivity index (χ0n) is 10.0. The van der Waals surface area contributed by atoms with Crippen molar-refractivity contribution in [2.75, 3.05) is 0 Å². The number of hydrogen-bond donors (Lipinski definition) is 2. The van der Waals surface area contributed by atoms with Gasteiger partial charge >= 0.3 is 0 Å². The number of nitrogens with one attached hydrogen (secondary N) is 2. The Labute approximate surface area is 101 Å². The maximum atomic E-state index is 12.0. The molecule has 4 nitrogen and oxygen atoms in total. The number of aromatic amines is 1. The molecular weight excluding hydrogens is 214 g/mol. The van der Waals surface area contributed by atoms with Gasteiger partial charge in [-0.15, -0.1) is 0 Å². The molecule has 0 saturated heterocycles. The third-order valence-electron chi connectivity index (χ3n) is 3.79. The predicted octanol–water partition coefficient (Wildman–Crippen LogP) is 2.35. The molecule has 1 aromatic heterocycles. The Morgan fingerprint density at radius 3 is 2.71 bits per heavy atom. The molecule has 1 heterocycles. The van der Waals surface area contributed by atoms with Gasteiger partial charge in [0.05, 0.1) is 0 Å². The molecule has 2 aliphatic rings. The monoisotopic (exact) mass is 233 g/mol. The van der Waals surface area contributed by atoms with Crippen molar-refractivity contribution in [2.24, 2.45) is 0 Å². The molecule has 2 saturated carbocycles. The SMILES string of the molecule is O=C(NC1CCCCC1)c1cc(C2CC2)[nH]n1. The van der Waals surface area contributed by atoms with E-state index in [1.165, 1.54) is 32.1 Å². The number of hydrogen-bond acceptors (Lipinski definition) is 2. The van der Waals surface area contributed by atoms with E-state index in [4.69, 9.17) is 0 Å². The lowest BCUT2D eigenvalue weighted by atomic mass is 9.95. The van der Waals surface area contributed by atoms with Gasteiger partial charge in [0, 0.05) is 17.7 Å². The second kappa shape index (κ2) is 4.51. The molecule has 0 bridgehead atoms. The number of rotatable bonds is 3. The Morgan fingerprint density at radius 2 is 2.00 bits per heavy atom. The number of nitrogens with zero attached hydrogens (tertiary/aromatic N) is 1. The summed E-state index contributed by atoms with van der Waals surface area (Å²) in [6.07, 6.45) is 8.47. The zero-order valence-corrected chi connectivity index (χ0v) is 10.0. The summed E-state index contributed by atoms with van der Waals surface area (Å²) in [6.45, 7) is 0. The minimum Gasteiger partial charge on any atom is -0.348 e. The predicted molar refractivity (Wildman–Crippen MR) is 64.9 cm³/mol. The van der Waals surface area contributed by atoms with Gasteiger partial charge in [0.15, 0.2) is 0 Å². The summed E-state index contributed by atoms with van der Waals surface area (Å²) in [5.41, 5.74) is 1.68. The smallest absolute Gasteiger partial charge is 0.271 e. The first-order valence-electron chi connectivity index (χ1n) is 6.69. The summed E-state index contributed by atoms with van der Waals surface area (Å²) in [7, 11) is 0. The Morgan fingerprint density at radius 1 is 1.24 bits per heavy atom. The van der Waals surface area contributed by atoms with Crippen LogP contribution in [0.1, 0.15) is 67.0 Å². The van der Waals surface area contributed by atoms with Crippen LogP contribution in [0.15, 0.2) is 6.07 Å². The normalized spacial score (nSPS) is 21.4. The van der Waals surface area contributed by atoms with Crippen molar-refractivity contribution in [3.05, 3.63) is 17.5 Å². The van der Waals surface area contributed by atoms with Gasteiger partial charge < -0.3 is 5.32 Å². The van der Waals surface area contributed by atoms with E-state index in [-0.39, 0.29) is 5.91 Å². The molecule has 92 valence electrons. The molecule has 0 aliphatic heterocycles. The van der Waals surface area contributed by atoms with Gasteiger partial charge in [-0.25, -0.2) is 0 Å². The summed E-state index contributed by atoms with van der Waals surface area (Å²) in [4.78, 5) is 12.0. The lowest BCUT2D eigenvalue weighted by Gasteiger charge is -2.22. The van der Waals surface area contributed by atoms with Crippen LogP contribution in [0, 0.1) is 0 Å². The lowest BCUT2D eigenvalue weighted by Crippen LogP contribution is -2.36. The van der Waals surface area contributed by atoms with Crippen LogP contribution >= 0.6 is 0 Å². The van der Waals surface area contributed by atoms with E-state index >= 15 is 0 Å². The molecule has 2 aliphatic carbocycles. The first kappa shape index (κ1) is 10.8. The van der Waals surface area contributed by atoms with Crippen molar-refractivity contribution >= 4 is 5.91 Å². The summed E-state index contributed by atoms with van der Waals surface area (Å²) in [5, 5.41) is 10.2. The highest BCUT2D eigenvalue weighted by Gasteiger charge is 2.27. The van der Waals surface area contributed by atoms with Crippen LogP contribution in [0.25, 0.3) is 0 Å². The van der Waals surface area contributed by atoms with Gasteiger partial charge in [-0.1, -0.05) is 19.3 Å². The van der Waals surface area contributed by atoms with E-state index in [0.717, 1.165) is 18.5 Å². The van der Waals surface area contributed by atoms with Crippen LogP contribution in [0.2, 0.25) is 0 Å². The molecule has 2 fully saturated rings. The van der Waals surface area contributed by atoms with E-state index < -0.39 is 0 Å². The second-order valence-electron chi connectivity index (χ2n) is 5.29. The Balaban J connectivity index is 1.59. The number of aromatic nitrogens is 2. The fourth-order valence-corrected chi connectivity index (χ4v) is 2.56. The van der Waals surface area contributed by atoms with Crippen LogP contribution in [0.5, 0.6) is 0 Å². The molecule has 0 unspecified atom stereocenters. The Kier molecular flexibility index (Phi) is 2.87. The molecule has 1 amide bonds. The molecule has 2 N–H and O–H groups in total. The van der Waals surface area contributed by atoms with Crippen LogP contribution < -0.4 is 5.32 Å². The summed E-state index contributed by atoms with van der Waals surface area (Å²) in [5.74, 6) is 0.610. The van der Waals surface area contributed by atoms with Crippen molar-refractivity contribution in [3.8, 4) is 0 Å². The Bertz CT molecular complexity index is 403. The maximum Gasteiger partial charge on any atom is 0.271 e. The minimum atomic E-state index is -0.0138.